The lowest BCUT2D eigenvalue weighted by Gasteiger charge is -2.36. The van der Waals surface area contributed by atoms with Crippen molar-refractivity contribution in [2.75, 3.05) is 28.5 Å². The zero-order chi connectivity index (χ0) is 27.3. The van der Waals surface area contributed by atoms with E-state index < -0.39 is 21.8 Å². The fourth-order valence-electron chi connectivity index (χ4n) is 5.06. The number of anilines is 2. The van der Waals surface area contributed by atoms with Crippen molar-refractivity contribution in [3.05, 3.63) is 35.7 Å². The molecule has 38 heavy (non-hydrogen) atoms. The summed E-state index contributed by atoms with van der Waals surface area (Å²) in [5.41, 5.74) is -0.690. The number of benzene rings is 1. The number of halogens is 3. The first-order valence-corrected chi connectivity index (χ1v) is 14.0. The molecule has 4 heterocycles. The average Bonchev–Trinajstić information content (AvgIpc) is 3.28. The molecule has 9 nitrogen and oxygen atoms in total. The van der Waals surface area contributed by atoms with E-state index in [9.17, 15) is 26.9 Å². The van der Waals surface area contributed by atoms with Crippen molar-refractivity contribution in [2.24, 2.45) is 0 Å². The minimum absolute atomic E-state index is 0.0177. The number of fused-ring (bicyclic) bond motifs is 1. The molecule has 13 heteroatoms. The molecule has 2 aliphatic rings. The lowest BCUT2D eigenvalue weighted by molar-refractivity contribution is -0.137. The minimum Gasteiger partial charge on any atom is -0.359 e. The van der Waals surface area contributed by atoms with Crippen LogP contribution < -0.4 is 14.9 Å². The normalized spacial score (nSPS) is 21.3. The summed E-state index contributed by atoms with van der Waals surface area (Å²) < 4.78 is 69.1. The smallest absolute Gasteiger partial charge is 0.359 e. The quantitative estimate of drug-likeness (QED) is 0.442. The van der Waals surface area contributed by atoms with Crippen molar-refractivity contribution < 1.29 is 21.6 Å². The highest BCUT2D eigenvalue weighted by molar-refractivity contribution is 7.92. The molecule has 2 aromatic heterocycles. The second kappa shape index (κ2) is 9.43. The van der Waals surface area contributed by atoms with Gasteiger partial charge in [0.15, 0.2) is 0 Å². The summed E-state index contributed by atoms with van der Waals surface area (Å²) in [6, 6.07) is 4.92. The molecule has 0 saturated carbocycles. The van der Waals surface area contributed by atoms with E-state index in [0.717, 1.165) is 19.0 Å². The predicted octanol–water partition coefficient (Wildman–Crippen LogP) is 4.39. The molecule has 0 spiro atoms. The third-order valence-corrected chi connectivity index (χ3v) is 9.02. The first-order chi connectivity index (χ1) is 17.9. The van der Waals surface area contributed by atoms with Gasteiger partial charge in [-0.15, -0.1) is 0 Å². The van der Waals surface area contributed by atoms with Crippen LogP contribution in [0.25, 0.3) is 22.2 Å². The lowest BCUT2D eigenvalue weighted by Crippen LogP contribution is -2.50. The fraction of sp³-hybridized carbons (Fsp3) is 0.480. The number of hydrogen-bond acceptors (Lipinski definition) is 7. The Morgan fingerprint density at radius 2 is 2.05 bits per heavy atom. The maximum Gasteiger partial charge on any atom is 0.419 e. The third kappa shape index (κ3) is 4.90. The number of rotatable bonds is 4. The highest BCUT2D eigenvalue weighted by Gasteiger charge is 2.37. The molecule has 3 aromatic rings. The summed E-state index contributed by atoms with van der Waals surface area (Å²) in [4.78, 5) is 11.2. The van der Waals surface area contributed by atoms with Crippen molar-refractivity contribution in [3.8, 4) is 17.3 Å². The van der Waals surface area contributed by atoms with Crippen molar-refractivity contribution in [1.29, 1.82) is 5.26 Å². The fourth-order valence-corrected chi connectivity index (χ4v) is 6.73. The van der Waals surface area contributed by atoms with Crippen molar-refractivity contribution in [2.45, 2.75) is 57.3 Å². The molecule has 0 unspecified atom stereocenters. The second-order valence-electron chi connectivity index (χ2n) is 10.4. The number of hydrogen-bond donors (Lipinski definition) is 3. The second-order valence-corrected chi connectivity index (χ2v) is 12.4. The predicted molar refractivity (Wildman–Crippen MR) is 138 cm³/mol. The molecular formula is C25H28F3N7O2S. The van der Waals surface area contributed by atoms with E-state index in [-0.39, 0.29) is 57.9 Å². The topological polar surface area (TPSA) is 127 Å². The highest BCUT2D eigenvalue weighted by Crippen LogP contribution is 2.42. The van der Waals surface area contributed by atoms with Gasteiger partial charge in [-0.2, -0.15) is 18.4 Å². The number of nitrogens with zero attached hydrogens (tertiary/aromatic N) is 4. The van der Waals surface area contributed by atoms with Crippen molar-refractivity contribution in [1.82, 2.24) is 20.3 Å². The first-order valence-electron chi connectivity index (χ1n) is 12.4. The summed E-state index contributed by atoms with van der Waals surface area (Å²) >= 11 is 0. The van der Waals surface area contributed by atoms with E-state index in [4.69, 9.17) is 0 Å². The Hall–Kier alpha value is -3.37. The van der Waals surface area contributed by atoms with Crippen molar-refractivity contribution >= 4 is 32.6 Å². The summed E-state index contributed by atoms with van der Waals surface area (Å²) in [5.74, 6) is 0.00936. The van der Waals surface area contributed by atoms with Gasteiger partial charge < -0.3 is 15.6 Å². The lowest BCUT2D eigenvalue weighted by atomic mass is 9.91. The maximum atomic E-state index is 14.1. The molecule has 2 fully saturated rings. The SMILES string of the molecule is CC1(C)CC[C@H](Nc2ncc(C(F)(F)F)c(-c3c[nH]c4c(N5CCCCS5(=O)=O)c(C#N)ccc34)n2)CN1. The van der Waals surface area contributed by atoms with Gasteiger partial charge in [-0.3, -0.25) is 4.31 Å². The molecule has 0 bridgehead atoms. The molecule has 0 aliphatic carbocycles. The van der Waals surface area contributed by atoms with Gasteiger partial charge in [0, 0.05) is 48.0 Å². The molecular weight excluding hydrogens is 519 g/mol. The third-order valence-electron chi connectivity index (χ3n) is 7.18. The van der Waals surface area contributed by atoms with E-state index in [1.165, 1.54) is 22.6 Å². The molecule has 202 valence electrons. The number of alkyl halides is 3. The number of nitriles is 1. The monoisotopic (exact) mass is 547 g/mol. The van der Waals surface area contributed by atoms with E-state index in [2.05, 4.69) is 39.4 Å². The van der Waals surface area contributed by atoms with Gasteiger partial charge >= 0.3 is 6.18 Å². The van der Waals surface area contributed by atoms with Crippen LogP contribution in [0.5, 0.6) is 0 Å². The first kappa shape index (κ1) is 26.2. The van der Waals surface area contributed by atoms with E-state index in [1.54, 1.807) is 0 Å². The summed E-state index contributed by atoms with van der Waals surface area (Å²) in [7, 11) is -3.68. The number of aromatic nitrogens is 3. The molecule has 5 rings (SSSR count). The number of piperidine rings is 1. The zero-order valence-electron chi connectivity index (χ0n) is 21.0. The number of H-pyrrole nitrogens is 1. The van der Waals surface area contributed by atoms with E-state index in [1.807, 2.05) is 6.07 Å². The molecule has 0 radical (unpaired) electrons. The van der Waals surface area contributed by atoms with Crippen LogP contribution in [0, 0.1) is 11.3 Å². The number of nitrogens with one attached hydrogen (secondary N) is 3. The van der Waals surface area contributed by atoms with Crippen LogP contribution in [-0.2, 0) is 16.2 Å². The zero-order valence-corrected chi connectivity index (χ0v) is 21.8. The van der Waals surface area contributed by atoms with Crippen LogP contribution in [0.15, 0.2) is 24.5 Å². The Morgan fingerprint density at radius 3 is 2.71 bits per heavy atom. The van der Waals surface area contributed by atoms with Gasteiger partial charge in [0.25, 0.3) is 0 Å². The summed E-state index contributed by atoms with van der Waals surface area (Å²) in [6.45, 7) is 4.98. The Bertz CT molecular complexity index is 1520. The van der Waals surface area contributed by atoms with Gasteiger partial charge in [0.1, 0.15) is 11.6 Å². The molecule has 2 aliphatic heterocycles. The van der Waals surface area contributed by atoms with Gasteiger partial charge in [-0.1, -0.05) is 6.07 Å². The van der Waals surface area contributed by atoms with Crippen LogP contribution in [0.3, 0.4) is 0 Å². The largest absolute Gasteiger partial charge is 0.419 e. The van der Waals surface area contributed by atoms with Crippen LogP contribution in [0.2, 0.25) is 0 Å². The van der Waals surface area contributed by atoms with Crippen molar-refractivity contribution in [3.63, 3.8) is 0 Å². The molecule has 1 aromatic carbocycles. The molecule has 3 N–H and O–H groups in total. The Kier molecular flexibility index (Phi) is 6.51. The van der Waals surface area contributed by atoms with Gasteiger partial charge in [0.2, 0.25) is 16.0 Å². The van der Waals surface area contributed by atoms with E-state index in [0.29, 0.717) is 24.8 Å². The molecule has 0 amide bonds. The molecule has 2 saturated heterocycles. The Labute approximate surface area is 218 Å². The van der Waals surface area contributed by atoms with Gasteiger partial charge in [0.05, 0.1) is 28.2 Å². The summed E-state index contributed by atoms with van der Waals surface area (Å²) in [6.07, 6.45) is 0.217. The summed E-state index contributed by atoms with van der Waals surface area (Å²) in [5, 5.41) is 16.6. The standard InChI is InChI=1S/C25H28F3N7O2S/c1-24(2)8-7-16(12-32-24)33-23-31-14-19(25(26,27)28)20(34-23)18-13-30-21-17(18)6-5-15(11-29)22(21)35-9-3-4-10-38(35,36)37/h5-6,13-14,16,30,32H,3-4,7-10,12H2,1-2H3,(H,31,33,34)/t16-/m0/s1. The van der Waals surface area contributed by atoms with E-state index >= 15 is 0 Å². The Balaban J connectivity index is 1.61. The number of sulfonamides is 1. The maximum absolute atomic E-state index is 14.1. The number of aromatic amines is 1. The van der Waals surface area contributed by atoms with Crippen LogP contribution >= 0.6 is 0 Å². The van der Waals surface area contributed by atoms with Crippen LogP contribution in [-0.4, -0.2) is 53.8 Å². The average molecular weight is 548 g/mol. The minimum atomic E-state index is -4.72. The van der Waals surface area contributed by atoms with Gasteiger partial charge in [-0.25, -0.2) is 18.4 Å². The van der Waals surface area contributed by atoms with Crippen LogP contribution in [0.1, 0.15) is 50.7 Å². The molecule has 1 atom stereocenters. The Morgan fingerprint density at radius 1 is 1.26 bits per heavy atom. The van der Waals surface area contributed by atoms with Gasteiger partial charge in [-0.05, 0) is 45.6 Å². The van der Waals surface area contributed by atoms with Crippen LogP contribution in [0.4, 0.5) is 24.8 Å². The highest BCUT2D eigenvalue weighted by atomic mass is 32.2.